The van der Waals surface area contributed by atoms with Crippen molar-refractivity contribution in [2.75, 3.05) is 13.7 Å². The Morgan fingerprint density at radius 3 is 2.30 bits per heavy atom. The molecule has 3 aliphatic rings. The topological polar surface area (TPSA) is 132 Å². The van der Waals surface area contributed by atoms with Crippen LogP contribution in [-0.4, -0.2) is 45.7 Å². The second-order valence-electron chi connectivity index (χ2n) is 16.5. The molecule has 6 rings (SSSR count). The molecular weight excluding hydrogens is 701 g/mol. The number of nitrogens with one attached hydrogen (secondary N) is 4. The van der Waals surface area contributed by atoms with Crippen molar-refractivity contribution in [1.82, 2.24) is 20.3 Å². The number of aromatic nitrogens is 3. The molecule has 3 aromatic heterocycles. The highest BCUT2D eigenvalue weighted by Gasteiger charge is 2.48. The van der Waals surface area contributed by atoms with Gasteiger partial charge < -0.3 is 34.8 Å². The van der Waals surface area contributed by atoms with Gasteiger partial charge >= 0.3 is 11.9 Å². The van der Waals surface area contributed by atoms with E-state index in [1.165, 1.54) is 54.2 Å². The summed E-state index contributed by atoms with van der Waals surface area (Å²) in [6, 6.07) is 0. The van der Waals surface area contributed by atoms with Gasteiger partial charge in [-0.2, -0.15) is 0 Å². The average molecular weight is 765 g/mol. The van der Waals surface area contributed by atoms with E-state index in [-0.39, 0.29) is 30.8 Å². The molecule has 5 atom stereocenters. The Balaban J connectivity index is 1.41. The highest BCUT2D eigenvalue weighted by molar-refractivity contribution is 5.95. The largest absolute Gasteiger partial charge is 0.468 e. The third kappa shape index (κ3) is 7.89. The maximum atomic E-state index is 13.6. The van der Waals surface area contributed by atoms with E-state index in [9.17, 15) is 14.7 Å². The van der Waals surface area contributed by atoms with Gasteiger partial charge in [-0.3, -0.25) is 9.59 Å². The van der Waals surface area contributed by atoms with Crippen molar-refractivity contribution in [2.45, 2.75) is 126 Å². The first-order valence-electron chi connectivity index (χ1n) is 21.0. The van der Waals surface area contributed by atoms with Crippen LogP contribution in [-0.2, 0) is 31.9 Å². The van der Waals surface area contributed by atoms with Crippen LogP contribution in [0, 0.1) is 44.4 Å². The van der Waals surface area contributed by atoms with Crippen LogP contribution in [0.2, 0.25) is 0 Å². The van der Waals surface area contributed by atoms with Gasteiger partial charge in [-0.15, -0.1) is 0 Å². The molecule has 1 aliphatic carbocycles. The van der Waals surface area contributed by atoms with E-state index in [0.717, 1.165) is 82.0 Å². The zero-order chi connectivity index (χ0) is 40.4. The molecule has 5 heterocycles. The minimum absolute atomic E-state index is 0.0279. The molecule has 0 radical (unpaired) electrons. The molecule has 1 saturated heterocycles. The number of aliphatic hydroxyl groups is 1. The number of esters is 2. The fraction of sp³-hybridized carbons (Fsp3) is 0.532. The Kier molecular flexibility index (Phi) is 12.7. The first-order chi connectivity index (χ1) is 26.8. The van der Waals surface area contributed by atoms with Gasteiger partial charge in [0.2, 0.25) is 0 Å². The van der Waals surface area contributed by atoms with E-state index in [4.69, 9.17) is 9.47 Å². The molecule has 0 spiro atoms. The van der Waals surface area contributed by atoms with Crippen LogP contribution in [0.1, 0.15) is 149 Å². The van der Waals surface area contributed by atoms with Gasteiger partial charge in [0.1, 0.15) is 12.5 Å². The number of hydrogen-bond acceptors (Lipinski definition) is 6. The third-order valence-corrected chi connectivity index (χ3v) is 12.9. The molecule has 0 aromatic carbocycles. The van der Waals surface area contributed by atoms with E-state index < -0.39 is 18.0 Å². The van der Waals surface area contributed by atoms with Crippen LogP contribution in [0.25, 0.3) is 23.8 Å². The van der Waals surface area contributed by atoms with E-state index in [0.29, 0.717) is 17.6 Å². The number of fused-ring (bicyclic) bond motifs is 7. The molecule has 0 unspecified atom stereocenters. The van der Waals surface area contributed by atoms with Crippen LogP contribution in [0.4, 0.5) is 0 Å². The van der Waals surface area contributed by atoms with Crippen LogP contribution < -0.4 is 16.0 Å². The van der Waals surface area contributed by atoms with Gasteiger partial charge in [-0.1, -0.05) is 59.5 Å². The van der Waals surface area contributed by atoms with Crippen molar-refractivity contribution >= 4 is 35.7 Å². The SMILES string of the molecule is CCC[C@H](C)CCC/C(C)=C/COC(=O)CC[C@@H]1/C2=C3/c4[nH]c(c(C)c4[C@@H](O)[C@@H]3C(=O)OC)/C=c3\[nH]/c(c(C)c3CC)=C\c3[nH]c(c(C)c3CC)/C=C(\N2)[C@H]1C. The molecule has 8 bridgehead atoms. The Hall–Kier alpha value is -4.50. The monoisotopic (exact) mass is 764 g/mol. The first-order valence-corrected chi connectivity index (χ1v) is 21.0. The standard InChI is InChI=1S/C47H64N4O5/c1-11-15-25(4)16-14-17-26(5)20-21-56-40(52)19-18-33-29(8)36-22-34-27(6)31(12-2)38(48-34)23-35-28(7)32(13-3)39(49-35)24-37-30(9)41-45(51-37)42(44(33)50-36)43(46(41)53)47(54)55-10/h20,22-25,29,33,43,46,48-51,53H,11-19,21H2,1-10H3/b26-20+,35-23-,36-22-,39-24-,44-42-/t25-,29-,33-,43+,46+/m0/s1. The molecule has 0 amide bonds. The van der Waals surface area contributed by atoms with E-state index in [1.807, 2.05) is 13.0 Å². The predicted octanol–water partition coefficient (Wildman–Crippen LogP) is 8.01. The first kappa shape index (κ1) is 41.1. The number of rotatable bonds is 14. The lowest BCUT2D eigenvalue weighted by molar-refractivity contribution is -0.146. The van der Waals surface area contributed by atoms with Crippen LogP contribution in [0.3, 0.4) is 0 Å². The molecule has 9 nitrogen and oxygen atoms in total. The van der Waals surface area contributed by atoms with Crippen LogP contribution in [0.15, 0.2) is 23.0 Å². The second-order valence-corrected chi connectivity index (χ2v) is 16.5. The number of carbonyl (C=O) groups is 2. The summed E-state index contributed by atoms with van der Waals surface area (Å²) in [6.45, 7) is 19.8. The number of aliphatic hydroxyl groups excluding tert-OH is 1. The van der Waals surface area contributed by atoms with E-state index >= 15 is 0 Å². The highest BCUT2D eigenvalue weighted by Crippen LogP contribution is 2.52. The summed E-state index contributed by atoms with van der Waals surface area (Å²) in [6.07, 6.45) is 15.8. The van der Waals surface area contributed by atoms with Gasteiger partial charge in [0.15, 0.2) is 0 Å². The third-order valence-electron chi connectivity index (χ3n) is 12.9. The van der Waals surface area contributed by atoms with E-state index in [1.54, 1.807) is 0 Å². The minimum atomic E-state index is -1.10. The zero-order valence-corrected chi connectivity index (χ0v) is 35.3. The predicted molar refractivity (Wildman–Crippen MR) is 225 cm³/mol. The van der Waals surface area contributed by atoms with Crippen LogP contribution >= 0.6 is 0 Å². The number of hydrogen-bond donors (Lipinski definition) is 5. The summed E-state index contributed by atoms with van der Waals surface area (Å²) < 4.78 is 11.1. The fourth-order valence-electron chi connectivity index (χ4n) is 9.51. The van der Waals surface area contributed by atoms with Gasteiger partial charge in [0.25, 0.3) is 0 Å². The normalized spacial score (nSPS) is 24.1. The molecule has 5 N–H and O–H groups in total. The van der Waals surface area contributed by atoms with Gasteiger partial charge in [0, 0.05) is 68.6 Å². The summed E-state index contributed by atoms with van der Waals surface area (Å²) in [7, 11) is 1.37. The lowest BCUT2D eigenvalue weighted by Gasteiger charge is -2.21. The second kappa shape index (κ2) is 17.3. The smallest absolute Gasteiger partial charge is 0.316 e. The van der Waals surface area contributed by atoms with Crippen molar-refractivity contribution in [3.05, 3.63) is 89.9 Å². The number of ether oxygens (including phenoxy) is 2. The molecule has 56 heavy (non-hydrogen) atoms. The Bertz CT molecular complexity index is 2190. The summed E-state index contributed by atoms with van der Waals surface area (Å²) in [5.41, 5.74) is 13.9. The summed E-state index contributed by atoms with van der Waals surface area (Å²) in [5, 5.41) is 17.8. The van der Waals surface area contributed by atoms with Gasteiger partial charge in [-0.05, 0) is 118 Å². The number of allylic oxidation sites excluding steroid dienone is 3. The number of methoxy groups -OCH3 is 1. The Morgan fingerprint density at radius 2 is 1.61 bits per heavy atom. The van der Waals surface area contributed by atoms with Crippen molar-refractivity contribution in [3.63, 3.8) is 0 Å². The molecule has 9 heteroatoms. The summed E-state index contributed by atoms with van der Waals surface area (Å²) in [4.78, 5) is 38.0. The van der Waals surface area contributed by atoms with Crippen molar-refractivity contribution in [1.29, 1.82) is 0 Å². The maximum Gasteiger partial charge on any atom is 0.316 e. The Labute approximate surface area is 332 Å². The molecule has 2 aliphatic heterocycles. The lowest BCUT2D eigenvalue weighted by atomic mass is 9.84. The zero-order valence-electron chi connectivity index (χ0n) is 35.3. The van der Waals surface area contributed by atoms with Crippen molar-refractivity contribution in [3.8, 4) is 0 Å². The number of carbonyl (C=O) groups excluding carboxylic acids is 2. The molecule has 1 fully saturated rings. The number of H-pyrrole nitrogens is 3. The average Bonchev–Trinajstić information content (AvgIpc) is 3.91. The Morgan fingerprint density at radius 1 is 0.893 bits per heavy atom. The molecule has 302 valence electrons. The highest BCUT2D eigenvalue weighted by atomic mass is 16.5. The fourth-order valence-corrected chi connectivity index (χ4v) is 9.51. The molecular formula is C47H64N4O5. The van der Waals surface area contributed by atoms with Gasteiger partial charge in [0.05, 0.1) is 18.9 Å². The molecule has 3 aromatic rings. The summed E-state index contributed by atoms with van der Waals surface area (Å²) >= 11 is 0. The van der Waals surface area contributed by atoms with E-state index in [2.05, 4.69) is 93.9 Å². The molecule has 0 saturated carbocycles. The quantitative estimate of drug-likeness (QED) is 0.0835. The van der Waals surface area contributed by atoms with Crippen molar-refractivity contribution < 1.29 is 24.2 Å². The minimum Gasteiger partial charge on any atom is -0.468 e. The summed E-state index contributed by atoms with van der Waals surface area (Å²) in [5.74, 6) is -1.12. The maximum absolute atomic E-state index is 13.6. The van der Waals surface area contributed by atoms with Gasteiger partial charge in [-0.25, -0.2) is 0 Å². The van der Waals surface area contributed by atoms with Crippen molar-refractivity contribution in [2.24, 2.45) is 23.7 Å². The number of aromatic amines is 3. The van der Waals surface area contributed by atoms with Crippen LogP contribution in [0.5, 0.6) is 0 Å². The lowest BCUT2D eigenvalue weighted by Crippen LogP contribution is -2.24.